The maximum Gasteiger partial charge on any atom is 0.269 e. The van der Waals surface area contributed by atoms with Crippen molar-refractivity contribution < 1.29 is 18.0 Å². The number of carbonyl (C=O) groups is 1. The summed E-state index contributed by atoms with van der Waals surface area (Å²) in [6, 6.07) is 4.94. The van der Waals surface area contributed by atoms with Crippen molar-refractivity contribution in [2.24, 2.45) is 0 Å². The Labute approximate surface area is 156 Å². The minimum Gasteiger partial charge on any atom is -0.351 e. The first-order valence-electron chi connectivity index (χ1n) is 8.19. The Balaban J connectivity index is 2.05. The number of halogens is 3. The van der Waals surface area contributed by atoms with E-state index < -0.39 is 23.4 Å². The highest BCUT2D eigenvalue weighted by molar-refractivity contribution is 7.17. The Morgan fingerprint density at radius 2 is 2.11 bits per heavy atom. The molecule has 1 N–H and O–H groups in total. The molecule has 0 aliphatic heterocycles. The van der Waals surface area contributed by atoms with Crippen LogP contribution in [0.15, 0.2) is 29.1 Å². The van der Waals surface area contributed by atoms with Crippen LogP contribution in [0.1, 0.15) is 45.5 Å². The van der Waals surface area contributed by atoms with E-state index in [0.29, 0.717) is 16.4 Å². The van der Waals surface area contributed by atoms with Crippen molar-refractivity contribution in [2.45, 2.75) is 26.7 Å². The minimum atomic E-state index is -2.93. The van der Waals surface area contributed by atoms with Gasteiger partial charge in [-0.2, -0.15) is 0 Å². The van der Waals surface area contributed by atoms with E-state index in [1.165, 1.54) is 22.6 Å². The van der Waals surface area contributed by atoms with Crippen LogP contribution in [0.25, 0.3) is 4.96 Å². The van der Waals surface area contributed by atoms with Crippen molar-refractivity contribution >= 4 is 22.2 Å². The van der Waals surface area contributed by atoms with Crippen LogP contribution in [-0.4, -0.2) is 21.8 Å². The third kappa shape index (κ3) is 3.59. The molecule has 0 radical (unpaired) electrons. The molecule has 2 aromatic heterocycles. The summed E-state index contributed by atoms with van der Waals surface area (Å²) in [7, 11) is 0. The second-order valence-corrected chi connectivity index (χ2v) is 7.05. The first kappa shape index (κ1) is 19.1. The molecule has 27 heavy (non-hydrogen) atoms. The number of aromatic nitrogens is 2. The predicted molar refractivity (Wildman–Crippen MR) is 96.2 cm³/mol. The second kappa shape index (κ2) is 7.51. The summed E-state index contributed by atoms with van der Waals surface area (Å²) >= 11 is 1.16. The van der Waals surface area contributed by atoms with Crippen LogP contribution in [0.3, 0.4) is 0 Å². The summed E-state index contributed by atoms with van der Waals surface area (Å²) in [4.78, 5) is 30.0. The number of alkyl halides is 2. The molecule has 1 aromatic carbocycles. The summed E-state index contributed by atoms with van der Waals surface area (Å²) in [5.41, 5.74) is -0.677. The summed E-state index contributed by atoms with van der Waals surface area (Å²) in [6.45, 7) is 3.88. The quantitative estimate of drug-likeness (QED) is 0.719. The maximum atomic E-state index is 14.2. The van der Waals surface area contributed by atoms with E-state index in [2.05, 4.69) is 10.3 Å². The minimum absolute atomic E-state index is 0.0290. The van der Waals surface area contributed by atoms with Gasteiger partial charge in [0.05, 0.1) is 11.3 Å². The van der Waals surface area contributed by atoms with E-state index in [1.807, 2.05) is 0 Å². The number of benzene rings is 1. The molecular formula is C18H16F3N3O2S. The van der Waals surface area contributed by atoms with Crippen molar-refractivity contribution in [1.29, 1.82) is 0 Å². The number of aryl methyl sites for hydroxylation is 1. The summed E-state index contributed by atoms with van der Waals surface area (Å²) < 4.78 is 41.2. The van der Waals surface area contributed by atoms with Gasteiger partial charge in [-0.1, -0.05) is 18.2 Å². The van der Waals surface area contributed by atoms with Crippen LogP contribution in [0, 0.1) is 12.7 Å². The van der Waals surface area contributed by atoms with Gasteiger partial charge in [-0.15, -0.1) is 11.3 Å². The lowest BCUT2D eigenvalue weighted by Gasteiger charge is -2.08. The summed E-state index contributed by atoms with van der Waals surface area (Å²) in [5.74, 6) is -1.38. The third-order valence-corrected chi connectivity index (χ3v) is 4.97. The third-order valence-electron chi connectivity index (χ3n) is 4.01. The normalized spacial score (nSPS) is 11.3. The molecule has 0 fully saturated rings. The van der Waals surface area contributed by atoms with Crippen LogP contribution < -0.4 is 10.9 Å². The van der Waals surface area contributed by atoms with Crippen LogP contribution in [0.2, 0.25) is 0 Å². The van der Waals surface area contributed by atoms with E-state index in [0.717, 1.165) is 17.4 Å². The maximum absolute atomic E-state index is 14.2. The zero-order chi connectivity index (χ0) is 19.7. The molecule has 3 aromatic rings. The van der Waals surface area contributed by atoms with Crippen molar-refractivity contribution in [1.82, 2.24) is 14.7 Å². The fraction of sp³-hybridized carbons (Fsp3) is 0.278. The molecule has 2 heterocycles. The average molecular weight is 395 g/mol. The largest absolute Gasteiger partial charge is 0.351 e. The molecule has 5 nitrogen and oxygen atoms in total. The molecule has 0 bridgehead atoms. The van der Waals surface area contributed by atoms with Gasteiger partial charge in [-0.05, 0) is 19.4 Å². The van der Waals surface area contributed by atoms with Crippen LogP contribution in [0.5, 0.6) is 0 Å². The number of rotatable bonds is 5. The lowest BCUT2D eigenvalue weighted by atomic mass is 10.1. The highest BCUT2D eigenvalue weighted by Crippen LogP contribution is 2.25. The first-order valence-corrected chi connectivity index (χ1v) is 9.00. The average Bonchev–Trinajstić information content (AvgIpc) is 2.93. The monoisotopic (exact) mass is 395 g/mol. The number of hydrogen-bond acceptors (Lipinski definition) is 4. The summed E-state index contributed by atoms with van der Waals surface area (Å²) in [5, 5.41) is 2.65. The van der Waals surface area contributed by atoms with E-state index in [-0.39, 0.29) is 29.3 Å². The van der Waals surface area contributed by atoms with Crippen LogP contribution in [-0.2, 0) is 6.42 Å². The second-order valence-electron chi connectivity index (χ2n) is 5.87. The van der Waals surface area contributed by atoms with Crippen LogP contribution >= 0.6 is 11.3 Å². The Morgan fingerprint density at radius 3 is 2.78 bits per heavy atom. The smallest absolute Gasteiger partial charge is 0.269 e. The Morgan fingerprint density at radius 1 is 1.37 bits per heavy atom. The van der Waals surface area contributed by atoms with E-state index in [9.17, 15) is 22.8 Å². The number of carbonyl (C=O) groups excluding carboxylic acids is 1. The van der Waals surface area contributed by atoms with Gasteiger partial charge in [0.15, 0.2) is 4.96 Å². The molecular weight excluding hydrogens is 379 g/mol. The Bertz CT molecular complexity index is 1080. The Kier molecular flexibility index (Phi) is 5.31. The number of fused-ring (bicyclic) bond motifs is 1. The zero-order valence-corrected chi connectivity index (χ0v) is 15.4. The highest BCUT2D eigenvalue weighted by atomic mass is 32.1. The van der Waals surface area contributed by atoms with Gasteiger partial charge in [-0.3, -0.25) is 9.59 Å². The van der Waals surface area contributed by atoms with E-state index >= 15 is 0 Å². The highest BCUT2D eigenvalue weighted by Gasteiger charge is 2.20. The van der Waals surface area contributed by atoms with Gasteiger partial charge in [-0.25, -0.2) is 22.6 Å². The molecule has 3 rings (SSSR count). The fourth-order valence-corrected chi connectivity index (χ4v) is 3.81. The van der Waals surface area contributed by atoms with E-state index in [4.69, 9.17) is 0 Å². The van der Waals surface area contributed by atoms with Gasteiger partial charge in [0.25, 0.3) is 17.9 Å². The van der Waals surface area contributed by atoms with Crippen molar-refractivity contribution in [3.05, 3.63) is 67.8 Å². The van der Waals surface area contributed by atoms with E-state index in [1.54, 1.807) is 13.8 Å². The van der Waals surface area contributed by atoms with Crippen molar-refractivity contribution in [3.8, 4) is 0 Å². The molecule has 0 aliphatic carbocycles. The van der Waals surface area contributed by atoms with Gasteiger partial charge < -0.3 is 5.32 Å². The molecule has 9 heteroatoms. The SMILES string of the molecule is CCNC(=O)c1c(C)sc2nc(Cc3cccc(C(F)F)c3F)cc(=O)n12. The van der Waals surface area contributed by atoms with Gasteiger partial charge in [0, 0.05) is 23.9 Å². The number of nitrogens with one attached hydrogen (secondary N) is 1. The number of hydrogen-bond donors (Lipinski definition) is 1. The van der Waals surface area contributed by atoms with Crippen LogP contribution in [0.4, 0.5) is 13.2 Å². The standard InChI is InChI=1S/C18H16F3N3O2S/c1-3-22-17(26)15-9(2)27-18-23-11(8-13(25)24(15)18)7-10-5-4-6-12(14(10)19)16(20)21/h4-6,8,16H,3,7H2,1-2H3,(H,22,26). The topological polar surface area (TPSA) is 63.5 Å². The van der Waals surface area contributed by atoms with Gasteiger partial charge in [0.2, 0.25) is 0 Å². The lowest BCUT2D eigenvalue weighted by Crippen LogP contribution is -2.28. The molecule has 0 spiro atoms. The molecule has 0 unspecified atom stereocenters. The number of nitrogens with zero attached hydrogens (tertiary/aromatic N) is 2. The molecule has 0 saturated carbocycles. The van der Waals surface area contributed by atoms with Gasteiger partial charge in [0.1, 0.15) is 11.5 Å². The number of amides is 1. The molecule has 1 amide bonds. The molecule has 0 atom stereocenters. The summed E-state index contributed by atoms with van der Waals surface area (Å²) in [6.07, 6.45) is -3.03. The molecule has 0 saturated heterocycles. The number of thiazole rings is 1. The fourth-order valence-electron chi connectivity index (χ4n) is 2.82. The molecule has 142 valence electrons. The predicted octanol–water partition coefficient (Wildman–Crippen LogP) is 3.48. The van der Waals surface area contributed by atoms with Gasteiger partial charge >= 0.3 is 0 Å². The molecule has 0 aliphatic rings. The zero-order valence-electron chi connectivity index (χ0n) is 14.6. The van der Waals surface area contributed by atoms with Crippen molar-refractivity contribution in [3.63, 3.8) is 0 Å². The van der Waals surface area contributed by atoms with Crippen molar-refractivity contribution in [2.75, 3.05) is 6.54 Å². The lowest BCUT2D eigenvalue weighted by molar-refractivity contribution is 0.0949. The first-order chi connectivity index (χ1) is 12.8. The Hall–Kier alpha value is -2.68.